The van der Waals surface area contributed by atoms with Crippen molar-refractivity contribution in [1.29, 1.82) is 0 Å². The Kier molecular flexibility index (Phi) is 12.4. The van der Waals surface area contributed by atoms with Gasteiger partial charge in [0, 0.05) is 6.04 Å². The predicted octanol–water partition coefficient (Wildman–Crippen LogP) is -0.293. The molecule has 0 bridgehead atoms. The number of aliphatic hydroxyl groups excluding tert-OH is 1. The smallest absolute Gasteiger partial charge is 0.333 e. The fourth-order valence-corrected chi connectivity index (χ4v) is 2.09. The molecule has 1 aromatic rings. The summed E-state index contributed by atoms with van der Waals surface area (Å²) in [5.74, 6) is -2.94. The van der Waals surface area contributed by atoms with Crippen LogP contribution in [-0.2, 0) is 20.8 Å². The van der Waals surface area contributed by atoms with Crippen molar-refractivity contribution in [3.05, 3.63) is 35.9 Å². The van der Waals surface area contributed by atoms with E-state index in [4.69, 9.17) is 26.8 Å². The number of hydrogen-bond acceptors (Lipinski definition) is 6. The number of amides is 1. The van der Waals surface area contributed by atoms with Crippen molar-refractivity contribution in [3.8, 4) is 0 Å². The summed E-state index contributed by atoms with van der Waals surface area (Å²) in [5, 5.41) is 27.1. The van der Waals surface area contributed by atoms with Crippen LogP contribution >= 0.6 is 0 Å². The van der Waals surface area contributed by atoms with Crippen molar-refractivity contribution in [2.24, 2.45) is 11.5 Å². The van der Waals surface area contributed by atoms with Crippen LogP contribution in [0.4, 0.5) is 0 Å². The molecule has 9 heteroatoms. The number of carboxylic acid groups (broad SMARTS) is 2. The predicted molar refractivity (Wildman–Crippen MR) is 99.9 cm³/mol. The van der Waals surface area contributed by atoms with Gasteiger partial charge in [0.2, 0.25) is 5.91 Å². The van der Waals surface area contributed by atoms with Crippen molar-refractivity contribution >= 4 is 17.8 Å². The second-order valence-corrected chi connectivity index (χ2v) is 6.09. The number of carbonyl (C=O) groups is 3. The van der Waals surface area contributed by atoms with E-state index < -0.39 is 30.5 Å². The van der Waals surface area contributed by atoms with Crippen LogP contribution in [0.15, 0.2) is 30.3 Å². The van der Waals surface area contributed by atoms with E-state index in [2.05, 4.69) is 17.4 Å². The van der Waals surface area contributed by atoms with Crippen molar-refractivity contribution < 1.29 is 29.7 Å². The maximum Gasteiger partial charge on any atom is 0.333 e. The van der Waals surface area contributed by atoms with Crippen LogP contribution in [0.3, 0.4) is 0 Å². The normalized spacial score (nSPS) is 13.5. The van der Waals surface area contributed by atoms with Crippen molar-refractivity contribution in [2.75, 3.05) is 6.54 Å². The topological polar surface area (TPSA) is 176 Å². The highest BCUT2D eigenvalue weighted by Crippen LogP contribution is 2.03. The van der Waals surface area contributed by atoms with E-state index in [1.165, 1.54) is 5.56 Å². The zero-order valence-electron chi connectivity index (χ0n) is 15.4. The molecular formula is C18H29N3O6. The number of rotatable bonds is 10. The molecule has 152 valence electrons. The summed E-state index contributed by atoms with van der Waals surface area (Å²) in [7, 11) is 0. The Morgan fingerprint density at radius 1 is 1.15 bits per heavy atom. The number of hydrogen-bond donors (Lipinski definition) is 6. The van der Waals surface area contributed by atoms with Gasteiger partial charge in [-0.25, -0.2) is 4.79 Å². The van der Waals surface area contributed by atoms with Crippen molar-refractivity contribution in [3.63, 3.8) is 0 Å². The third-order valence-electron chi connectivity index (χ3n) is 3.48. The monoisotopic (exact) mass is 383 g/mol. The fourth-order valence-electron chi connectivity index (χ4n) is 2.09. The minimum atomic E-state index is -1.79. The number of aliphatic carboxylic acids is 2. The van der Waals surface area contributed by atoms with Gasteiger partial charge in [0.1, 0.15) is 0 Å². The van der Waals surface area contributed by atoms with Gasteiger partial charge >= 0.3 is 11.9 Å². The maximum absolute atomic E-state index is 11.8. The van der Waals surface area contributed by atoms with Crippen LogP contribution in [0.1, 0.15) is 31.7 Å². The van der Waals surface area contributed by atoms with E-state index in [0.29, 0.717) is 13.0 Å². The number of aliphatic hydroxyl groups is 1. The van der Waals surface area contributed by atoms with Gasteiger partial charge in [-0.1, -0.05) is 30.3 Å². The first-order valence-corrected chi connectivity index (χ1v) is 8.60. The van der Waals surface area contributed by atoms with Crippen molar-refractivity contribution in [2.45, 2.75) is 50.8 Å². The average molecular weight is 383 g/mol. The molecule has 1 rings (SSSR count). The SMILES string of the molecule is C[C@@H](Cc1ccccc1)NC(=O)C(N)CCCN.O=C(O)CC(O)C(=O)O. The Morgan fingerprint density at radius 2 is 1.74 bits per heavy atom. The van der Waals surface area contributed by atoms with E-state index >= 15 is 0 Å². The Hall–Kier alpha value is -2.49. The third kappa shape index (κ3) is 12.5. The first-order chi connectivity index (χ1) is 12.7. The van der Waals surface area contributed by atoms with Crippen LogP contribution in [0.2, 0.25) is 0 Å². The molecule has 0 aromatic heterocycles. The molecular weight excluding hydrogens is 354 g/mol. The van der Waals surface area contributed by atoms with Gasteiger partial charge in [-0.2, -0.15) is 0 Å². The summed E-state index contributed by atoms with van der Waals surface area (Å²) in [4.78, 5) is 31.2. The van der Waals surface area contributed by atoms with E-state index in [-0.39, 0.29) is 11.9 Å². The second kappa shape index (κ2) is 13.7. The number of benzene rings is 1. The number of carboxylic acids is 2. The third-order valence-corrected chi connectivity index (χ3v) is 3.48. The molecule has 0 heterocycles. The average Bonchev–Trinajstić information content (AvgIpc) is 2.60. The molecule has 0 saturated heterocycles. The quantitative estimate of drug-likeness (QED) is 0.319. The highest BCUT2D eigenvalue weighted by molar-refractivity contribution is 5.81. The minimum absolute atomic E-state index is 0.0869. The Bertz CT molecular complexity index is 582. The Morgan fingerprint density at radius 3 is 2.19 bits per heavy atom. The lowest BCUT2D eigenvalue weighted by atomic mass is 10.1. The summed E-state index contributed by atoms with van der Waals surface area (Å²) in [5.41, 5.74) is 12.4. The summed E-state index contributed by atoms with van der Waals surface area (Å²) in [6, 6.07) is 9.72. The van der Waals surface area contributed by atoms with E-state index in [1.54, 1.807) is 0 Å². The second-order valence-electron chi connectivity index (χ2n) is 6.09. The van der Waals surface area contributed by atoms with Gasteiger partial charge in [-0.05, 0) is 38.3 Å². The van der Waals surface area contributed by atoms with Gasteiger partial charge in [0.15, 0.2) is 6.10 Å². The lowest BCUT2D eigenvalue weighted by Crippen LogP contribution is -2.45. The van der Waals surface area contributed by atoms with Gasteiger partial charge < -0.3 is 32.1 Å². The molecule has 0 saturated carbocycles. The molecule has 2 unspecified atom stereocenters. The largest absolute Gasteiger partial charge is 0.481 e. The molecule has 1 amide bonds. The summed E-state index contributed by atoms with van der Waals surface area (Å²) >= 11 is 0. The highest BCUT2D eigenvalue weighted by Gasteiger charge is 2.16. The standard InChI is InChI=1S/C14H23N3O.C4H6O5/c1-11(10-12-6-3-2-4-7-12)17-14(18)13(16)8-5-9-15;5-2(4(8)9)1-3(6)7/h2-4,6-7,11,13H,5,8-10,15-16H2,1H3,(H,17,18);2,5H,1H2,(H,6,7)(H,8,9)/t11-,13?;/m0./s1. The van der Waals surface area contributed by atoms with Gasteiger partial charge in [0.25, 0.3) is 0 Å². The molecule has 0 aliphatic carbocycles. The van der Waals surface area contributed by atoms with E-state index in [0.717, 1.165) is 12.8 Å². The first-order valence-electron chi connectivity index (χ1n) is 8.60. The highest BCUT2D eigenvalue weighted by atomic mass is 16.4. The van der Waals surface area contributed by atoms with Gasteiger partial charge in [-0.3, -0.25) is 9.59 Å². The zero-order chi connectivity index (χ0) is 20.8. The van der Waals surface area contributed by atoms with E-state index in [9.17, 15) is 14.4 Å². The van der Waals surface area contributed by atoms with Gasteiger partial charge in [-0.15, -0.1) is 0 Å². The Labute approximate surface area is 158 Å². The van der Waals surface area contributed by atoms with Gasteiger partial charge in [0.05, 0.1) is 12.5 Å². The van der Waals surface area contributed by atoms with Crippen LogP contribution in [0, 0.1) is 0 Å². The lowest BCUT2D eigenvalue weighted by molar-refractivity contribution is -0.152. The summed E-state index contributed by atoms with van der Waals surface area (Å²) in [6.07, 6.45) is -0.310. The van der Waals surface area contributed by atoms with Crippen LogP contribution in [-0.4, -0.2) is 57.9 Å². The lowest BCUT2D eigenvalue weighted by Gasteiger charge is -2.17. The maximum atomic E-state index is 11.8. The summed E-state index contributed by atoms with van der Waals surface area (Å²) < 4.78 is 0. The molecule has 9 nitrogen and oxygen atoms in total. The van der Waals surface area contributed by atoms with E-state index in [1.807, 2.05) is 25.1 Å². The zero-order valence-corrected chi connectivity index (χ0v) is 15.4. The molecule has 0 fully saturated rings. The number of nitrogens with two attached hydrogens (primary N) is 2. The molecule has 3 atom stereocenters. The fraction of sp³-hybridized carbons (Fsp3) is 0.500. The van der Waals surface area contributed by atoms with Crippen LogP contribution in [0.25, 0.3) is 0 Å². The Balaban J connectivity index is 0.000000636. The molecule has 27 heavy (non-hydrogen) atoms. The number of nitrogens with one attached hydrogen (secondary N) is 1. The van der Waals surface area contributed by atoms with Crippen LogP contribution < -0.4 is 16.8 Å². The molecule has 0 spiro atoms. The van der Waals surface area contributed by atoms with Crippen molar-refractivity contribution in [1.82, 2.24) is 5.32 Å². The van der Waals surface area contributed by atoms with Crippen LogP contribution in [0.5, 0.6) is 0 Å². The first kappa shape index (κ1) is 24.5. The number of carbonyl (C=O) groups excluding carboxylic acids is 1. The molecule has 1 aromatic carbocycles. The molecule has 0 aliphatic rings. The molecule has 8 N–H and O–H groups in total. The molecule has 0 radical (unpaired) electrons. The minimum Gasteiger partial charge on any atom is -0.481 e. The summed E-state index contributed by atoms with van der Waals surface area (Å²) in [6.45, 7) is 2.56. The molecule has 0 aliphatic heterocycles.